The normalized spacial score (nSPS) is 12.1. The first-order chi connectivity index (χ1) is 14.9. The molecule has 8 heteroatoms. The highest BCUT2D eigenvalue weighted by Crippen LogP contribution is 2.31. The SMILES string of the molecule is CCN(CCNc1ccnc2ccc(C(C=[NH2+])=CN)cc12)c1cccc(C(F)(F)F)c1. The van der Waals surface area contributed by atoms with E-state index in [4.69, 9.17) is 11.1 Å². The summed E-state index contributed by atoms with van der Waals surface area (Å²) in [5.74, 6) is 0. The van der Waals surface area contributed by atoms with Crippen LogP contribution in [0, 0.1) is 0 Å². The second-order valence-electron chi connectivity index (χ2n) is 6.93. The smallest absolute Gasteiger partial charge is 0.404 e. The van der Waals surface area contributed by atoms with E-state index in [0.717, 1.165) is 28.2 Å². The number of likely N-dealkylation sites (N-methyl/N-ethyl adjacent to an activating group) is 1. The Labute approximate surface area is 178 Å². The molecule has 3 aromatic rings. The zero-order valence-corrected chi connectivity index (χ0v) is 17.2. The first-order valence-electron chi connectivity index (χ1n) is 9.89. The van der Waals surface area contributed by atoms with Crippen molar-refractivity contribution in [3.05, 3.63) is 72.1 Å². The van der Waals surface area contributed by atoms with Crippen LogP contribution in [-0.2, 0) is 6.18 Å². The quantitative estimate of drug-likeness (QED) is 0.481. The van der Waals surface area contributed by atoms with Crippen molar-refractivity contribution in [1.29, 1.82) is 0 Å². The minimum Gasteiger partial charge on any atom is -0.404 e. The Kier molecular flexibility index (Phi) is 6.79. The average Bonchev–Trinajstić information content (AvgIpc) is 2.77. The van der Waals surface area contributed by atoms with Crippen LogP contribution in [0.2, 0.25) is 0 Å². The Morgan fingerprint density at radius 2 is 2.00 bits per heavy atom. The van der Waals surface area contributed by atoms with E-state index in [1.54, 1.807) is 12.3 Å². The molecule has 0 saturated heterocycles. The van der Waals surface area contributed by atoms with Gasteiger partial charge in [0.15, 0.2) is 6.21 Å². The van der Waals surface area contributed by atoms with Gasteiger partial charge in [0.25, 0.3) is 0 Å². The lowest BCUT2D eigenvalue weighted by Gasteiger charge is -2.24. The van der Waals surface area contributed by atoms with E-state index >= 15 is 0 Å². The van der Waals surface area contributed by atoms with Crippen molar-refractivity contribution >= 4 is 34.1 Å². The van der Waals surface area contributed by atoms with Gasteiger partial charge in [0.1, 0.15) is 0 Å². The summed E-state index contributed by atoms with van der Waals surface area (Å²) in [6.45, 7) is 3.57. The number of alkyl halides is 3. The maximum atomic E-state index is 13.0. The highest BCUT2D eigenvalue weighted by Gasteiger charge is 2.30. The Balaban J connectivity index is 1.77. The molecular weight excluding hydrogens is 403 g/mol. The summed E-state index contributed by atoms with van der Waals surface area (Å²) in [7, 11) is 0. The lowest BCUT2D eigenvalue weighted by atomic mass is 10.0. The van der Waals surface area contributed by atoms with Gasteiger partial charge in [0.2, 0.25) is 0 Å². The minimum atomic E-state index is -4.36. The molecule has 31 heavy (non-hydrogen) atoms. The highest BCUT2D eigenvalue weighted by atomic mass is 19.4. The molecule has 5 N–H and O–H groups in total. The van der Waals surface area contributed by atoms with Crippen LogP contribution in [0.5, 0.6) is 0 Å². The zero-order chi connectivity index (χ0) is 22.4. The fourth-order valence-electron chi connectivity index (χ4n) is 3.40. The summed E-state index contributed by atoms with van der Waals surface area (Å²) in [6.07, 6.45) is 0.236. The number of nitrogens with one attached hydrogen (secondary N) is 1. The third-order valence-corrected chi connectivity index (χ3v) is 5.05. The van der Waals surface area contributed by atoms with E-state index in [0.29, 0.717) is 30.9 Å². The van der Waals surface area contributed by atoms with E-state index in [-0.39, 0.29) is 0 Å². The van der Waals surface area contributed by atoms with Crippen LogP contribution in [0.4, 0.5) is 24.5 Å². The predicted molar refractivity (Wildman–Crippen MR) is 120 cm³/mol. The number of allylic oxidation sites excluding steroid dienone is 1. The van der Waals surface area contributed by atoms with Gasteiger partial charge in [-0.2, -0.15) is 13.2 Å². The number of anilines is 2. The van der Waals surface area contributed by atoms with Crippen LogP contribution >= 0.6 is 0 Å². The molecule has 0 fully saturated rings. The van der Waals surface area contributed by atoms with Crippen molar-refractivity contribution in [3.63, 3.8) is 0 Å². The molecule has 0 saturated carbocycles. The molecule has 2 aromatic carbocycles. The zero-order valence-electron chi connectivity index (χ0n) is 17.2. The van der Waals surface area contributed by atoms with Gasteiger partial charge in [-0.25, -0.2) is 0 Å². The van der Waals surface area contributed by atoms with E-state index in [1.165, 1.54) is 24.5 Å². The van der Waals surface area contributed by atoms with Gasteiger partial charge in [-0.1, -0.05) is 12.1 Å². The molecule has 3 rings (SSSR count). The second kappa shape index (κ2) is 9.51. The summed E-state index contributed by atoms with van der Waals surface area (Å²) >= 11 is 0. The predicted octanol–water partition coefficient (Wildman–Crippen LogP) is 3.32. The van der Waals surface area contributed by atoms with Crippen LogP contribution < -0.4 is 21.4 Å². The van der Waals surface area contributed by atoms with E-state index < -0.39 is 11.7 Å². The molecule has 0 aliphatic rings. The van der Waals surface area contributed by atoms with Crippen molar-refractivity contribution in [2.24, 2.45) is 5.73 Å². The molecule has 1 heterocycles. The number of benzene rings is 2. The summed E-state index contributed by atoms with van der Waals surface area (Å²) in [5.41, 5.74) is 8.79. The molecule has 1 aromatic heterocycles. The summed E-state index contributed by atoms with van der Waals surface area (Å²) in [6, 6.07) is 13.0. The lowest BCUT2D eigenvalue weighted by Crippen LogP contribution is -2.30. The van der Waals surface area contributed by atoms with Gasteiger partial charge in [-0.05, 0) is 48.9 Å². The number of nitrogens with two attached hydrogens (primary N) is 2. The van der Waals surface area contributed by atoms with Crippen LogP contribution in [0.1, 0.15) is 18.1 Å². The fourth-order valence-corrected chi connectivity index (χ4v) is 3.40. The summed E-state index contributed by atoms with van der Waals surface area (Å²) in [4.78, 5) is 6.28. The molecule has 0 bridgehead atoms. The van der Waals surface area contributed by atoms with Gasteiger partial charge >= 0.3 is 6.18 Å². The molecule has 162 valence electrons. The largest absolute Gasteiger partial charge is 0.416 e. The van der Waals surface area contributed by atoms with E-state index in [2.05, 4.69) is 10.3 Å². The molecule has 0 aliphatic carbocycles. The Hall–Kier alpha value is -3.55. The van der Waals surface area contributed by atoms with Crippen molar-refractivity contribution in [3.8, 4) is 0 Å². The number of halogens is 3. The first kappa shape index (κ1) is 22.1. The van der Waals surface area contributed by atoms with Crippen LogP contribution in [0.25, 0.3) is 16.5 Å². The van der Waals surface area contributed by atoms with Crippen molar-refractivity contribution in [2.45, 2.75) is 13.1 Å². The maximum absolute atomic E-state index is 13.0. The minimum absolute atomic E-state index is 0.534. The van der Waals surface area contributed by atoms with Crippen molar-refractivity contribution in [2.75, 3.05) is 29.9 Å². The molecule has 0 unspecified atom stereocenters. The number of pyridine rings is 1. The van der Waals surface area contributed by atoms with Crippen LogP contribution in [0.15, 0.2) is 60.9 Å². The molecule has 0 radical (unpaired) electrons. The van der Waals surface area contributed by atoms with Crippen molar-refractivity contribution in [1.82, 2.24) is 4.98 Å². The standard InChI is InChI=1S/C23H24F3N5/c1-2-31(19-5-3-4-18(13-19)23(24,25)26)11-10-30-22-8-9-29-21-7-6-16(12-20(21)22)17(14-27)15-28/h3-9,12-15,27H,2,10-11,28H2,1H3,(H,29,30)/p+1. The Bertz CT molecular complexity index is 1090. The number of nitrogens with zero attached hydrogens (tertiary/aromatic N) is 2. The van der Waals surface area contributed by atoms with Gasteiger partial charge < -0.3 is 16.0 Å². The van der Waals surface area contributed by atoms with E-state index in [9.17, 15) is 13.2 Å². The van der Waals surface area contributed by atoms with Crippen molar-refractivity contribution < 1.29 is 18.6 Å². The Morgan fingerprint density at radius 1 is 1.19 bits per heavy atom. The monoisotopic (exact) mass is 428 g/mol. The summed E-state index contributed by atoms with van der Waals surface area (Å²) < 4.78 is 39.1. The van der Waals surface area contributed by atoms with Gasteiger partial charge in [-0.3, -0.25) is 10.4 Å². The summed E-state index contributed by atoms with van der Waals surface area (Å²) in [5, 5.41) is 9.92. The van der Waals surface area contributed by atoms with Gasteiger partial charge in [-0.15, -0.1) is 0 Å². The third-order valence-electron chi connectivity index (χ3n) is 5.05. The first-order valence-corrected chi connectivity index (χ1v) is 9.89. The topological polar surface area (TPSA) is 79.8 Å². The number of rotatable bonds is 8. The Morgan fingerprint density at radius 3 is 2.68 bits per heavy atom. The van der Waals surface area contributed by atoms with Crippen LogP contribution in [0.3, 0.4) is 0 Å². The third kappa shape index (κ3) is 5.14. The second-order valence-corrected chi connectivity index (χ2v) is 6.93. The number of aromatic nitrogens is 1. The fraction of sp³-hybridized carbons (Fsp3) is 0.217. The average molecular weight is 428 g/mol. The molecular formula is C23H25F3N5+. The van der Waals surface area contributed by atoms with Crippen LogP contribution in [-0.4, -0.2) is 30.8 Å². The molecule has 0 spiro atoms. The van der Waals surface area contributed by atoms with Gasteiger partial charge in [0.05, 0.1) is 16.7 Å². The van der Waals surface area contributed by atoms with E-state index in [1.807, 2.05) is 36.1 Å². The molecule has 0 atom stereocenters. The number of fused-ring (bicyclic) bond motifs is 1. The van der Waals surface area contributed by atoms with Gasteiger partial charge in [0, 0.05) is 48.8 Å². The molecule has 0 aliphatic heterocycles. The number of hydrogen-bond donors (Lipinski definition) is 3. The lowest BCUT2D eigenvalue weighted by molar-refractivity contribution is -0.137. The maximum Gasteiger partial charge on any atom is 0.416 e. The molecule has 5 nitrogen and oxygen atoms in total. The molecule has 0 amide bonds. The number of hydrogen-bond acceptors (Lipinski definition) is 4. The highest BCUT2D eigenvalue weighted by molar-refractivity contribution is 6.08.